The van der Waals surface area contributed by atoms with Gasteiger partial charge in [-0.15, -0.1) is 11.3 Å². The number of thiazole rings is 1. The van der Waals surface area contributed by atoms with Crippen molar-refractivity contribution in [1.29, 1.82) is 0 Å². The number of aryl methyl sites for hydroxylation is 1. The molecule has 1 atom stereocenters. The van der Waals surface area contributed by atoms with Gasteiger partial charge >= 0.3 is 0 Å². The van der Waals surface area contributed by atoms with Crippen LogP contribution in [-0.4, -0.2) is 18.8 Å². The first-order chi connectivity index (χ1) is 17.1. The van der Waals surface area contributed by atoms with Crippen LogP contribution < -0.4 is 24.4 Å². The van der Waals surface area contributed by atoms with Crippen molar-refractivity contribution in [3.8, 4) is 11.5 Å². The zero-order valence-electron chi connectivity index (χ0n) is 19.1. The first-order valence-corrected chi connectivity index (χ1v) is 13.7. The normalized spacial score (nSPS) is 16.9. The number of rotatable bonds is 4. The van der Waals surface area contributed by atoms with Gasteiger partial charge in [0.15, 0.2) is 16.3 Å². The van der Waals surface area contributed by atoms with E-state index in [1.54, 1.807) is 25.6 Å². The molecule has 0 saturated heterocycles. The van der Waals surface area contributed by atoms with Crippen LogP contribution in [0.3, 0.4) is 0 Å². The third-order valence-corrected chi connectivity index (χ3v) is 8.94. The van der Waals surface area contributed by atoms with E-state index in [-0.39, 0.29) is 11.6 Å². The van der Waals surface area contributed by atoms with Gasteiger partial charge in [0.2, 0.25) is 0 Å². The number of thiophene rings is 1. The quantitative estimate of drug-likeness (QED) is 0.344. The number of halogens is 1. The molecule has 0 amide bonds. The van der Waals surface area contributed by atoms with Crippen molar-refractivity contribution < 1.29 is 9.47 Å². The highest BCUT2D eigenvalue weighted by molar-refractivity contribution is 9.10. The molecule has 0 fully saturated rings. The van der Waals surface area contributed by atoms with Crippen LogP contribution in [0.2, 0.25) is 0 Å². The summed E-state index contributed by atoms with van der Waals surface area (Å²) in [6, 6.07) is 16.3. The summed E-state index contributed by atoms with van der Waals surface area (Å²) in [5.41, 5.74) is 5.56. The van der Waals surface area contributed by atoms with Crippen molar-refractivity contribution in [2.75, 3.05) is 14.2 Å². The van der Waals surface area contributed by atoms with Gasteiger partial charge in [-0.05, 0) is 75.1 Å². The molecule has 2 aromatic carbocycles. The van der Waals surface area contributed by atoms with Crippen LogP contribution in [0.15, 0.2) is 73.7 Å². The first kappa shape index (κ1) is 22.5. The highest BCUT2D eigenvalue weighted by Gasteiger charge is 2.33. The summed E-state index contributed by atoms with van der Waals surface area (Å²) in [4.78, 5) is 20.8. The standard InChI is InChI=1S/C27H21BrN2O3S2/c1-32-20-13-15(12-19(28)25(20)33-2)14-22-26(31)30-24(21-8-5-11-34-21)18-10-9-16-6-3-4-7-17(16)23(18)29-27(30)35-22/h3-8,11-14,24H,9-10H2,1-2H3/b22-14+/t24-/m1/s1. The summed E-state index contributed by atoms with van der Waals surface area (Å²) in [6.45, 7) is 0. The predicted octanol–water partition coefficient (Wildman–Crippen LogP) is 5.16. The lowest BCUT2D eigenvalue weighted by atomic mass is 9.85. The minimum absolute atomic E-state index is 0.0246. The Morgan fingerprint density at radius 1 is 1.11 bits per heavy atom. The van der Waals surface area contributed by atoms with Crippen LogP contribution in [0, 0.1) is 0 Å². The lowest BCUT2D eigenvalue weighted by Crippen LogP contribution is -2.38. The van der Waals surface area contributed by atoms with E-state index in [2.05, 4.69) is 51.6 Å². The van der Waals surface area contributed by atoms with Crippen LogP contribution in [0.5, 0.6) is 11.5 Å². The minimum Gasteiger partial charge on any atom is -0.493 e. The minimum atomic E-state index is -0.131. The second kappa shape index (κ2) is 8.93. The monoisotopic (exact) mass is 564 g/mol. The predicted molar refractivity (Wildman–Crippen MR) is 144 cm³/mol. The Balaban J connectivity index is 1.58. The lowest BCUT2D eigenvalue weighted by molar-refractivity contribution is 0.353. The fraction of sp³-hybridized carbons (Fsp3) is 0.185. The number of nitrogens with zero attached hydrogens (tertiary/aromatic N) is 2. The molecule has 1 aliphatic heterocycles. The molecule has 0 N–H and O–H groups in total. The highest BCUT2D eigenvalue weighted by atomic mass is 79.9. The Morgan fingerprint density at radius 2 is 1.97 bits per heavy atom. The maximum absolute atomic E-state index is 13.8. The molecule has 1 aliphatic carbocycles. The third kappa shape index (κ3) is 3.71. The Morgan fingerprint density at radius 3 is 2.74 bits per heavy atom. The average molecular weight is 566 g/mol. The number of fused-ring (bicyclic) bond motifs is 3. The SMILES string of the molecule is COc1cc(/C=c2/sc3n(c2=O)[C@@H](c2cccs2)C2=C(N=3)c3ccccc3CC2)cc(Br)c1OC. The van der Waals surface area contributed by atoms with Crippen LogP contribution >= 0.6 is 38.6 Å². The molecule has 176 valence electrons. The number of hydrogen-bond donors (Lipinski definition) is 0. The smallest absolute Gasteiger partial charge is 0.271 e. The molecule has 5 nitrogen and oxygen atoms in total. The Kier molecular flexibility index (Phi) is 5.75. The van der Waals surface area contributed by atoms with Gasteiger partial charge in [0.05, 0.1) is 35.0 Å². The number of hydrogen-bond acceptors (Lipinski definition) is 6. The van der Waals surface area contributed by atoms with Crippen molar-refractivity contribution in [2.45, 2.75) is 18.9 Å². The molecule has 8 heteroatoms. The molecule has 4 aromatic rings. The Labute approximate surface area is 218 Å². The van der Waals surface area contributed by atoms with Gasteiger partial charge < -0.3 is 9.47 Å². The molecule has 0 saturated carbocycles. The van der Waals surface area contributed by atoms with Gasteiger partial charge in [0.25, 0.3) is 5.56 Å². The van der Waals surface area contributed by atoms with E-state index < -0.39 is 0 Å². The summed E-state index contributed by atoms with van der Waals surface area (Å²) in [7, 11) is 3.20. The van der Waals surface area contributed by atoms with Crippen molar-refractivity contribution in [3.63, 3.8) is 0 Å². The third-order valence-electron chi connectivity index (χ3n) is 6.44. The van der Waals surface area contributed by atoms with Crippen molar-refractivity contribution >= 4 is 50.4 Å². The van der Waals surface area contributed by atoms with Crippen molar-refractivity contribution in [1.82, 2.24) is 4.57 Å². The molecular weight excluding hydrogens is 544 g/mol. The topological polar surface area (TPSA) is 52.8 Å². The summed E-state index contributed by atoms with van der Waals surface area (Å²) in [5, 5.41) is 2.07. The maximum Gasteiger partial charge on any atom is 0.271 e. The van der Waals surface area contributed by atoms with E-state index in [4.69, 9.17) is 14.5 Å². The molecule has 0 spiro atoms. The molecule has 0 unspecified atom stereocenters. The molecule has 0 bridgehead atoms. The van der Waals surface area contributed by atoms with E-state index in [0.717, 1.165) is 38.3 Å². The second-order valence-corrected chi connectivity index (χ2v) is 11.2. The molecular formula is C27H21BrN2O3S2. The molecule has 0 radical (unpaired) electrons. The van der Waals surface area contributed by atoms with Crippen molar-refractivity contribution in [3.05, 3.63) is 105 Å². The maximum atomic E-state index is 13.8. The number of aromatic nitrogens is 1. The second-order valence-electron chi connectivity index (χ2n) is 8.37. The number of benzene rings is 2. The Bertz CT molecular complexity index is 1670. The molecule has 6 rings (SSSR count). The van der Waals surface area contributed by atoms with Gasteiger partial charge in [0.1, 0.15) is 0 Å². The lowest BCUT2D eigenvalue weighted by Gasteiger charge is -2.30. The van der Waals surface area contributed by atoms with Crippen LogP contribution in [0.25, 0.3) is 11.8 Å². The van der Waals surface area contributed by atoms with Gasteiger partial charge in [0, 0.05) is 10.4 Å². The number of methoxy groups -OCH3 is 2. The van der Waals surface area contributed by atoms with Gasteiger partial charge in [-0.1, -0.05) is 41.7 Å². The fourth-order valence-corrected chi connectivity index (χ4v) is 7.36. The summed E-state index contributed by atoms with van der Waals surface area (Å²) >= 11 is 6.67. The Hall–Kier alpha value is -2.94. The first-order valence-electron chi connectivity index (χ1n) is 11.2. The highest BCUT2D eigenvalue weighted by Crippen LogP contribution is 2.42. The zero-order chi connectivity index (χ0) is 24.1. The van der Waals surface area contributed by atoms with Crippen LogP contribution in [0.1, 0.15) is 34.0 Å². The van der Waals surface area contributed by atoms with Crippen molar-refractivity contribution in [2.24, 2.45) is 4.99 Å². The fourth-order valence-electron chi connectivity index (χ4n) is 4.89. The number of ether oxygens (including phenoxy) is 2. The largest absolute Gasteiger partial charge is 0.493 e. The summed E-state index contributed by atoms with van der Waals surface area (Å²) < 4.78 is 14.2. The van der Waals surface area contributed by atoms with E-state index in [1.165, 1.54) is 28.0 Å². The van der Waals surface area contributed by atoms with Gasteiger partial charge in [-0.2, -0.15) is 0 Å². The zero-order valence-corrected chi connectivity index (χ0v) is 22.3. The molecule has 3 heterocycles. The van der Waals surface area contributed by atoms with E-state index in [0.29, 0.717) is 16.0 Å². The van der Waals surface area contributed by atoms with Gasteiger partial charge in [-0.3, -0.25) is 9.36 Å². The average Bonchev–Trinajstić information content (AvgIpc) is 3.51. The summed E-state index contributed by atoms with van der Waals surface area (Å²) in [6.07, 6.45) is 3.75. The number of allylic oxidation sites excluding steroid dienone is 1. The van der Waals surface area contributed by atoms with Crippen LogP contribution in [0.4, 0.5) is 0 Å². The molecule has 2 aromatic heterocycles. The van der Waals surface area contributed by atoms with Gasteiger partial charge in [-0.25, -0.2) is 4.99 Å². The summed E-state index contributed by atoms with van der Waals surface area (Å²) in [5.74, 6) is 1.22. The van der Waals surface area contributed by atoms with E-state index in [9.17, 15) is 4.79 Å². The van der Waals surface area contributed by atoms with E-state index in [1.807, 2.05) is 28.8 Å². The molecule has 2 aliphatic rings. The molecule has 35 heavy (non-hydrogen) atoms. The van der Waals surface area contributed by atoms with Crippen LogP contribution in [-0.2, 0) is 6.42 Å². The van der Waals surface area contributed by atoms with E-state index >= 15 is 0 Å².